The van der Waals surface area contributed by atoms with Crippen molar-refractivity contribution in [1.82, 2.24) is 9.97 Å². The average Bonchev–Trinajstić information content (AvgIpc) is 3.16. The number of ether oxygens (including phenoxy) is 1. The van der Waals surface area contributed by atoms with Gasteiger partial charge in [-0.25, -0.2) is 13.4 Å². The lowest BCUT2D eigenvalue weighted by Gasteiger charge is -2.36. The van der Waals surface area contributed by atoms with E-state index >= 15 is 0 Å². The number of fused-ring (bicyclic) bond motifs is 1. The molecule has 0 aliphatic carbocycles. The predicted octanol–water partition coefficient (Wildman–Crippen LogP) is 3.18. The molecule has 1 aliphatic heterocycles. The Morgan fingerprint density at radius 3 is 2.53 bits per heavy atom. The van der Waals surface area contributed by atoms with Gasteiger partial charge in [-0.15, -0.1) is 0 Å². The van der Waals surface area contributed by atoms with Gasteiger partial charge in [0.1, 0.15) is 16.9 Å². The van der Waals surface area contributed by atoms with Crippen molar-refractivity contribution in [2.24, 2.45) is 0 Å². The highest BCUT2D eigenvalue weighted by Crippen LogP contribution is 2.36. The Morgan fingerprint density at radius 2 is 1.87 bits per heavy atom. The zero-order chi connectivity index (χ0) is 20.9. The predicted molar refractivity (Wildman–Crippen MR) is 111 cm³/mol. The van der Waals surface area contributed by atoms with Crippen LogP contribution in [0.4, 0.5) is 0 Å². The van der Waals surface area contributed by atoms with Gasteiger partial charge in [-0.2, -0.15) is 0 Å². The number of aliphatic hydroxyl groups is 1. The van der Waals surface area contributed by atoms with Crippen LogP contribution in [0.2, 0.25) is 0 Å². The fourth-order valence-electron chi connectivity index (χ4n) is 3.49. The highest BCUT2D eigenvalue weighted by molar-refractivity contribution is 7.90. The number of furan rings is 1. The maximum absolute atomic E-state index is 11.6. The summed E-state index contributed by atoms with van der Waals surface area (Å²) in [4.78, 5) is 8.41. The second-order valence-corrected chi connectivity index (χ2v) is 9.41. The third-order valence-corrected chi connectivity index (χ3v) is 6.21. The molecule has 4 aromatic rings. The van der Waals surface area contributed by atoms with Crippen molar-refractivity contribution in [3.8, 4) is 22.5 Å². The first-order chi connectivity index (χ1) is 14.3. The second-order valence-electron chi connectivity index (χ2n) is 7.45. The normalized spacial score (nSPS) is 15.8. The monoisotopic (exact) mass is 422 g/mol. The summed E-state index contributed by atoms with van der Waals surface area (Å²) in [5.74, 6) is 0.541. The van der Waals surface area contributed by atoms with Gasteiger partial charge in [0.05, 0.1) is 13.2 Å². The minimum absolute atomic E-state index is 0.0101. The van der Waals surface area contributed by atoms with Crippen LogP contribution < -0.4 is 0 Å². The topological polar surface area (TPSA) is 103 Å². The molecular formula is C22H18N2O5S. The zero-order valence-corrected chi connectivity index (χ0v) is 16.9. The van der Waals surface area contributed by atoms with Crippen LogP contribution in [0, 0.1) is 0 Å². The van der Waals surface area contributed by atoms with Crippen LogP contribution in [0.25, 0.3) is 33.6 Å². The van der Waals surface area contributed by atoms with Gasteiger partial charge in [-0.1, -0.05) is 18.2 Å². The third kappa shape index (κ3) is 3.19. The molecule has 1 aromatic carbocycles. The first kappa shape index (κ1) is 18.9. The van der Waals surface area contributed by atoms with Crippen molar-refractivity contribution in [2.75, 3.05) is 19.5 Å². The van der Waals surface area contributed by atoms with Gasteiger partial charge in [0, 0.05) is 35.8 Å². The summed E-state index contributed by atoms with van der Waals surface area (Å²) in [5, 5.41) is 10.6. The van der Waals surface area contributed by atoms with Crippen LogP contribution in [0.1, 0.15) is 5.56 Å². The van der Waals surface area contributed by atoms with E-state index < -0.39 is 15.4 Å². The van der Waals surface area contributed by atoms with Gasteiger partial charge < -0.3 is 14.3 Å². The summed E-state index contributed by atoms with van der Waals surface area (Å²) in [6.45, 7) is 0.563. The molecule has 30 heavy (non-hydrogen) atoms. The Morgan fingerprint density at radius 1 is 1.03 bits per heavy atom. The first-order valence-electron chi connectivity index (χ1n) is 9.30. The van der Waals surface area contributed by atoms with Crippen molar-refractivity contribution in [1.29, 1.82) is 0 Å². The van der Waals surface area contributed by atoms with E-state index in [0.717, 1.165) is 22.9 Å². The molecule has 0 radical (unpaired) electrons. The molecule has 7 nitrogen and oxygen atoms in total. The Labute approximate surface area is 172 Å². The van der Waals surface area contributed by atoms with Gasteiger partial charge in [-0.05, 0) is 35.4 Å². The molecule has 1 aliphatic rings. The quantitative estimate of drug-likeness (QED) is 0.539. The number of nitrogens with zero attached hydrogens (tertiary/aromatic N) is 2. The fraction of sp³-hybridized carbons (Fsp3) is 0.182. The van der Waals surface area contributed by atoms with Crippen LogP contribution in [-0.4, -0.2) is 43.0 Å². The van der Waals surface area contributed by atoms with E-state index in [9.17, 15) is 13.5 Å². The molecule has 0 unspecified atom stereocenters. The summed E-state index contributed by atoms with van der Waals surface area (Å²) < 4.78 is 34.5. The molecule has 0 bridgehead atoms. The number of benzene rings is 1. The van der Waals surface area contributed by atoms with Crippen molar-refractivity contribution in [3.05, 3.63) is 66.5 Å². The maximum atomic E-state index is 11.6. The van der Waals surface area contributed by atoms with Crippen molar-refractivity contribution in [3.63, 3.8) is 0 Å². The molecule has 8 heteroatoms. The van der Waals surface area contributed by atoms with Gasteiger partial charge in [-0.3, -0.25) is 4.98 Å². The standard InChI is InChI=1S/C22H18N2O5S/c1-30(26,27)20-6-5-15(11-24-20)19-10-18-21(29-19)17(7-8-23-18)14-3-2-4-16(9-14)22(25)12-28-13-22/h2-11,25H,12-13H2,1H3. The lowest BCUT2D eigenvalue weighted by molar-refractivity contribution is -0.184. The van der Waals surface area contributed by atoms with Crippen LogP contribution in [0.3, 0.4) is 0 Å². The first-order valence-corrected chi connectivity index (χ1v) is 11.2. The largest absolute Gasteiger partial charge is 0.454 e. The van der Waals surface area contributed by atoms with Gasteiger partial charge in [0.15, 0.2) is 20.4 Å². The lowest BCUT2D eigenvalue weighted by Crippen LogP contribution is -2.46. The van der Waals surface area contributed by atoms with E-state index in [1.807, 2.05) is 30.3 Å². The molecule has 0 amide bonds. The molecule has 152 valence electrons. The number of sulfone groups is 1. The van der Waals surface area contributed by atoms with E-state index in [-0.39, 0.29) is 18.2 Å². The number of hydrogen-bond donors (Lipinski definition) is 1. The van der Waals surface area contributed by atoms with E-state index in [1.165, 1.54) is 12.3 Å². The van der Waals surface area contributed by atoms with Crippen LogP contribution in [0.5, 0.6) is 0 Å². The minimum Gasteiger partial charge on any atom is -0.454 e. The van der Waals surface area contributed by atoms with E-state index in [1.54, 1.807) is 18.3 Å². The fourth-order valence-corrected chi connectivity index (χ4v) is 4.05. The smallest absolute Gasteiger partial charge is 0.192 e. The van der Waals surface area contributed by atoms with Crippen molar-refractivity contribution < 1.29 is 22.7 Å². The van der Waals surface area contributed by atoms with Crippen LogP contribution >= 0.6 is 0 Å². The van der Waals surface area contributed by atoms with Crippen LogP contribution in [0.15, 0.2) is 70.4 Å². The second kappa shape index (κ2) is 6.73. The average molecular weight is 422 g/mol. The molecule has 5 rings (SSSR count). The molecule has 0 saturated carbocycles. The Kier molecular flexibility index (Phi) is 4.25. The third-order valence-electron chi connectivity index (χ3n) is 5.21. The highest BCUT2D eigenvalue weighted by Gasteiger charge is 2.38. The molecule has 4 heterocycles. The molecular weight excluding hydrogens is 404 g/mol. The molecule has 1 N–H and O–H groups in total. The van der Waals surface area contributed by atoms with E-state index in [4.69, 9.17) is 9.15 Å². The molecule has 1 fully saturated rings. The molecule has 1 saturated heterocycles. The summed E-state index contributed by atoms with van der Waals surface area (Å²) >= 11 is 0. The van der Waals surface area contributed by atoms with E-state index in [2.05, 4.69) is 9.97 Å². The van der Waals surface area contributed by atoms with Crippen molar-refractivity contribution >= 4 is 20.9 Å². The van der Waals surface area contributed by atoms with Gasteiger partial charge in [0.2, 0.25) is 0 Å². The van der Waals surface area contributed by atoms with Crippen molar-refractivity contribution in [2.45, 2.75) is 10.6 Å². The summed E-state index contributed by atoms with van der Waals surface area (Å²) in [6, 6.07) is 14.4. The number of rotatable bonds is 4. The number of pyridine rings is 2. The highest BCUT2D eigenvalue weighted by atomic mass is 32.2. The minimum atomic E-state index is -3.37. The lowest BCUT2D eigenvalue weighted by atomic mass is 9.90. The summed E-state index contributed by atoms with van der Waals surface area (Å²) in [7, 11) is -3.37. The SMILES string of the molecule is CS(=O)(=O)c1ccc(-c2cc3nccc(-c4cccc(C5(O)COC5)c4)c3o2)cn1. The van der Waals surface area contributed by atoms with Gasteiger partial charge >= 0.3 is 0 Å². The Balaban J connectivity index is 1.57. The zero-order valence-electron chi connectivity index (χ0n) is 16.1. The van der Waals surface area contributed by atoms with Gasteiger partial charge in [0.25, 0.3) is 0 Å². The van der Waals surface area contributed by atoms with Crippen LogP contribution in [-0.2, 0) is 20.2 Å². The molecule has 0 atom stereocenters. The summed E-state index contributed by atoms with van der Waals surface area (Å²) in [5.41, 5.74) is 3.51. The Bertz CT molecular complexity index is 1360. The number of aromatic nitrogens is 2. The Hall–Kier alpha value is -3.07. The van der Waals surface area contributed by atoms with E-state index in [0.29, 0.717) is 22.4 Å². The molecule has 3 aromatic heterocycles. The maximum Gasteiger partial charge on any atom is 0.192 e. The molecule has 0 spiro atoms. The number of hydrogen-bond acceptors (Lipinski definition) is 7. The summed E-state index contributed by atoms with van der Waals surface area (Å²) in [6.07, 6.45) is 4.29.